The molecule has 0 bridgehead atoms. The zero-order valence-electron chi connectivity index (χ0n) is 18.7. The number of anilines is 1. The summed E-state index contributed by atoms with van der Waals surface area (Å²) in [5.41, 5.74) is 2.01. The minimum atomic E-state index is -3.97. The summed E-state index contributed by atoms with van der Waals surface area (Å²) in [4.78, 5) is 12.7. The highest BCUT2D eigenvalue weighted by Gasteiger charge is 2.28. The van der Waals surface area contributed by atoms with Gasteiger partial charge in [0.2, 0.25) is 0 Å². The van der Waals surface area contributed by atoms with Crippen molar-refractivity contribution in [3.05, 3.63) is 58.1 Å². The van der Waals surface area contributed by atoms with Crippen molar-refractivity contribution in [2.45, 2.75) is 65.3 Å². The van der Waals surface area contributed by atoms with E-state index in [2.05, 4.69) is 30.8 Å². The van der Waals surface area contributed by atoms with Gasteiger partial charge in [-0.25, -0.2) is 8.42 Å². The third-order valence-electron chi connectivity index (χ3n) is 4.54. The van der Waals surface area contributed by atoms with E-state index in [1.165, 1.54) is 18.2 Å². The Kier molecular flexibility index (Phi) is 6.94. The molecule has 30 heavy (non-hydrogen) atoms. The van der Waals surface area contributed by atoms with Crippen LogP contribution in [0.25, 0.3) is 0 Å². The summed E-state index contributed by atoms with van der Waals surface area (Å²) < 4.78 is 28.6. The van der Waals surface area contributed by atoms with Gasteiger partial charge >= 0.3 is 0 Å². The first-order chi connectivity index (χ1) is 13.6. The molecule has 2 N–H and O–H groups in total. The van der Waals surface area contributed by atoms with Gasteiger partial charge in [0.25, 0.3) is 15.9 Å². The Hall–Kier alpha value is -2.05. The maximum atomic E-state index is 13.0. The Morgan fingerprint density at radius 3 is 2.23 bits per heavy atom. The lowest BCUT2D eigenvalue weighted by molar-refractivity contribution is 0.0891. The van der Waals surface area contributed by atoms with Crippen molar-refractivity contribution >= 4 is 33.2 Å². The molecule has 0 saturated heterocycles. The first-order valence-electron chi connectivity index (χ1n) is 9.82. The van der Waals surface area contributed by atoms with Gasteiger partial charge in [-0.15, -0.1) is 0 Å². The molecular formula is C23H31ClN2O3S. The van der Waals surface area contributed by atoms with Crippen LogP contribution in [0.2, 0.25) is 5.02 Å². The third-order valence-corrected chi connectivity index (χ3v) is 6.39. The summed E-state index contributed by atoms with van der Waals surface area (Å²) in [5, 5.41) is 3.05. The normalized spacial score (nSPS) is 12.5. The Morgan fingerprint density at radius 1 is 1.00 bits per heavy atom. The molecule has 164 valence electrons. The van der Waals surface area contributed by atoms with Crippen LogP contribution in [0, 0.1) is 19.3 Å². The maximum absolute atomic E-state index is 13.0. The zero-order chi connectivity index (χ0) is 22.9. The standard InChI is InChI=1S/C23H31ClN2O3S/c1-15-8-9-16(2)19(12-15)26-30(28,29)20-13-17(10-11-18(20)24)21(27)25-23(6,7)14-22(3,4)5/h8-13,26H,14H2,1-7H3,(H,25,27). The zero-order valence-corrected chi connectivity index (χ0v) is 20.3. The fourth-order valence-corrected chi connectivity index (χ4v) is 5.29. The Morgan fingerprint density at radius 2 is 1.63 bits per heavy atom. The summed E-state index contributed by atoms with van der Waals surface area (Å²) in [6.45, 7) is 13.9. The first-order valence-corrected chi connectivity index (χ1v) is 11.7. The Balaban J connectivity index is 2.34. The number of rotatable bonds is 6. The lowest BCUT2D eigenvalue weighted by Crippen LogP contribution is -2.45. The van der Waals surface area contributed by atoms with E-state index >= 15 is 0 Å². The minimum Gasteiger partial charge on any atom is -0.347 e. The largest absolute Gasteiger partial charge is 0.347 e. The lowest BCUT2D eigenvalue weighted by atomic mass is 9.81. The van der Waals surface area contributed by atoms with Gasteiger partial charge in [0.15, 0.2) is 0 Å². The van der Waals surface area contributed by atoms with E-state index in [0.717, 1.165) is 17.5 Å². The van der Waals surface area contributed by atoms with Crippen LogP contribution in [0.5, 0.6) is 0 Å². The summed E-state index contributed by atoms with van der Waals surface area (Å²) in [5.74, 6) is -0.343. The molecule has 0 aliphatic heterocycles. The molecule has 2 aromatic rings. The van der Waals surface area contributed by atoms with Crippen LogP contribution in [0.3, 0.4) is 0 Å². The van der Waals surface area contributed by atoms with Crippen LogP contribution in [-0.4, -0.2) is 19.9 Å². The molecule has 0 unspecified atom stereocenters. The van der Waals surface area contributed by atoms with Gasteiger partial charge < -0.3 is 5.32 Å². The van der Waals surface area contributed by atoms with Crippen LogP contribution >= 0.6 is 11.6 Å². The van der Waals surface area contributed by atoms with Crippen LogP contribution < -0.4 is 10.0 Å². The predicted octanol–water partition coefficient (Wildman–Crippen LogP) is 5.70. The highest BCUT2D eigenvalue weighted by molar-refractivity contribution is 7.92. The van der Waals surface area contributed by atoms with Crippen molar-refractivity contribution in [2.75, 3.05) is 4.72 Å². The molecule has 0 atom stereocenters. The number of benzene rings is 2. The van der Waals surface area contributed by atoms with Crippen molar-refractivity contribution in [3.63, 3.8) is 0 Å². The molecule has 2 aromatic carbocycles. The minimum absolute atomic E-state index is 0.0286. The van der Waals surface area contributed by atoms with E-state index in [9.17, 15) is 13.2 Å². The second-order valence-corrected chi connectivity index (χ2v) is 11.7. The van der Waals surface area contributed by atoms with Crippen molar-refractivity contribution in [1.82, 2.24) is 5.32 Å². The van der Waals surface area contributed by atoms with Gasteiger partial charge in [-0.2, -0.15) is 0 Å². The molecule has 0 saturated carbocycles. The molecule has 2 rings (SSSR count). The second kappa shape index (κ2) is 8.60. The summed E-state index contributed by atoms with van der Waals surface area (Å²) in [7, 11) is -3.97. The number of hydrogen-bond acceptors (Lipinski definition) is 3. The average Bonchev–Trinajstić information content (AvgIpc) is 2.55. The van der Waals surface area contributed by atoms with Gasteiger partial charge in [-0.05, 0) is 74.9 Å². The number of amides is 1. The van der Waals surface area contributed by atoms with E-state index in [-0.39, 0.29) is 26.8 Å². The predicted molar refractivity (Wildman–Crippen MR) is 124 cm³/mol. The fraction of sp³-hybridized carbons (Fsp3) is 0.435. The van der Waals surface area contributed by atoms with E-state index in [0.29, 0.717) is 5.69 Å². The SMILES string of the molecule is Cc1ccc(C)c(NS(=O)(=O)c2cc(C(=O)NC(C)(C)CC(C)(C)C)ccc2Cl)c1. The van der Waals surface area contributed by atoms with Crippen LogP contribution in [0.1, 0.15) is 62.5 Å². The van der Waals surface area contributed by atoms with E-state index in [1.54, 1.807) is 6.07 Å². The number of aryl methyl sites for hydroxylation is 2. The van der Waals surface area contributed by atoms with Gasteiger partial charge in [0.1, 0.15) is 4.90 Å². The van der Waals surface area contributed by atoms with Crippen molar-refractivity contribution < 1.29 is 13.2 Å². The topological polar surface area (TPSA) is 75.3 Å². The van der Waals surface area contributed by atoms with Gasteiger partial charge in [-0.3, -0.25) is 9.52 Å². The molecule has 0 spiro atoms. The monoisotopic (exact) mass is 450 g/mol. The van der Waals surface area contributed by atoms with Gasteiger partial charge in [0.05, 0.1) is 10.7 Å². The molecular weight excluding hydrogens is 420 g/mol. The summed E-state index contributed by atoms with van der Waals surface area (Å²) in [6, 6.07) is 9.79. The quantitative estimate of drug-likeness (QED) is 0.592. The molecule has 1 amide bonds. The average molecular weight is 451 g/mol. The molecule has 5 nitrogen and oxygen atoms in total. The van der Waals surface area contributed by atoms with E-state index < -0.39 is 15.6 Å². The fourth-order valence-electron chi connectivity index (χ4n) is 3.65. The molecule has 0 aliphatic carbocycles. The highest BCUT2D eigenvalue weighted by Crippen LogP contribution is 2.29. The van der Waals surface area contributed by atoms with Crippen molar-refractivity contribution in [2.24, 2.45) is 5.41 Å². The maximum Gasteiger partial charge on any atom is 0.263 e. The number of halogens is 1. The highest BCUT2D eigenvalue weighted by atomic mass is 35.5. The number of sulfonamides is 1. The second-order valence-electron chi connectivity index (χ2n) is 9.64. The number of hydrogen-bond donors (Lipinski definition) is 2. The smallest absolute Gasteiger partial charge is 0.263 e. The van der Waals surface area contributed by atoms with E-state index in [4.69, 9.17) is 11.6 Å². The summed E-state index contributed by atoms with van der Waals surface area (Å²) in [6.07, 6.45) is 0.763. The Bertz CT molecular complexity index is 1050. The van der Waals surface area contributed by atoms with Crippen molar-refractivity contribution in [1.29, 1.82) is 0 Å². The molecule has 0 radical (unpaired) electrons. The molecule has 0 heterocycles. The van der Waals surface area contributed by atoms with Gasteiger partial charge in [-0.1, -0.05) is 44.5 Å². The molecule has 0 fully saturated rings. The number of carbonyl (C=O) groups excluding carboxylic acids is 1. The Labute approximate surface area is 185 Å². The van der Waals surface area contributed by atoms with Crippen LogP contribution in [0.4, 0.5) is 5.69 Å². The van der Waals surface area contributed by atoms with Crippen LogP contribution in [-0.2, 0) is 10.0 Å². The van der Waals surface area contributed by atoms with E-state index in [1.807, 2.05) is 39.8 Å². The number of carbonyl (C=O) groups is 1. The van der Waals surface area contributed by atoms with Crippen molar-refractivity contribution in [3.8, 4) is 0 Å². The number of nitrogens with one attached hydrogen (secondary N) is 2. The lowest BCUT2D eigenvalue weighted by Gasteiger charge is -2.33. The van der Waals surface area contributed by atoms with Crippen LogP contribution in [0.15, 0.2) is 41.3 Å². The van der Waals surface area contributed by atoms with Gasteiger partial charge in [0, 0.05) is 11.1 Å². The molecule has 0 aromatic heterocycles. The summed E-state index contributed by atoms with van der Waals surface area (Å²) >= 11 is 6.19. The molecule has 7 heteroatoms. The molecule has 0 aliphatic rings. The third kappa shape index (κ3) is 6.47. The first kappa shape index (κ1) is 24.2.